The number of rotatable bonds is 10. The molecule has 1 aromatic heterocycles. The smallest absolute Gasteiger partial charge is 0.324 e. The SMILES string of the molecule is CCNC(=O)CCCN(C(=O)Nc1nc2ccccc2s1)C(CC)(c1ccccc1)c1ccccc1. The quantitative estimate of drug-likeness (QED) is 0.265. The van der Waals surface area contributed by atoms with Gasteiger partial charge in [0.15, 0.2) is 5.13 Å². The largest absolute Gasteiger partial charge is 0.356 e. The molecule has 0 saturated carbocycles. The highest BCUT2D eigenvalue weighted by Crippen LogP contribution is 2.40. The van der Waals surface area contributed by atoms with Gasteiger partial charge in [0.1, 0.15) is 0 Å². The molecule has 0 radical (unpaired) electrons. The lowest BCUT2D eigenvalue weighted by atomic mass is 9.79. The summed E-state index contributed by atoms with van der Waals surface area (Å²) in [7, 11) is 0. The van der Waals surface area contributed by atoms with Crippen molar-refractivity contribution in [1.82, 2.24) is 15.2 Å². The second-order valence-corrected chi connectivity index (χ2v) is 9.60. The van der Waals surface area contributed by atoms with Crippen molar-refractivity contribution in [2.45, 2.75) is 38.6 Å². The molecule has 6 nitrogen and oxygen atoms in total. The topological polar surface area (TPSA) is 74.3 Å². The maximum Gasteiger partial charge on any atom is 0.324 e. The van der Waals surface area contributed by atoms with E-state index in [2.05, 4.69) is 46.8 Å². The van der Waals surface area contributed by atoms with Crippen LogP contribution in [0.3, 0.4) is 0 Å². The number of para-hydroxylation sites is 1. The molecule has 0 aliphatic heterocycles. The number of thiazole rings is 1. The first-order valence-electron chi connectivity index (χ1n) is 12.4. The number of benzene rings is 3. The molecule has 0 bridgehead atoms. The molecule has 4 aromatic rings. The Morgan fingerprint density at radius 1 is 0.889 bits per heavy atom. The second-order valence-electron chi connectivity index (χ2n) is 8.57. The van der Waals surface area contributed by atoms with Gasteiger partial charge in [-0.1, -0.05) is 91.1 Å². The van der Waals surface area contributed by atoms with Crippen LogP contribution in [0.4, 0.5) is 9.93 Å². The predicted molar refractivity (Wildman–Crippen MR) is 147 cm³/mol. The number of hydrogen-bond donors (Lipinski definition) is 2. The third-order valence-corrected chi connectivity index (χ3v) is 7.34. The van der Waals surface area contributed by atoms with Gasteiger partial charge < -0.3 is 10.2 Å². The number of carbonyl (C=O) groups is 2. The Labute approximate surface area is 216 Å². The molecule has 4 rings (SSSR count). The van der Waals surface area contributed by atoms with Gasteiger partial charge in [-0.15, -0.1) is 0 Å². The standard InChI is InChI=1S/C29H32N4O2S/c1-3-29(22-14-7-5-8-15-22,23-16-9-6-10-17-23)33(21-13-20-26(34)30-4-2)28(35)32-27-31-24-18-11-12-19-25(24)36-27/h5-12,14-19H,3-4,13,20-21H2,1-2H3,(H,30,34)(H,31,32,35). The number of urea groups is 1. The van der Waals surface area contributed by atoms with Gasteiger partial charge in [-0.2, -0.15) is 0 Å². The van der Waals surface area contributed by atoms with Gasteiger partial charge in [-0.3, -0.25) is 10.1 Å². The van der Waals surface area contributed by atoms with Crippen LogP contribution in [-0.2, 0) is 10.3 Å². The summed E-state index contributed by atoms with van der Waals surface area (Å²) in [4.78, 5) is 32.7. The fourth-order valence-corrected chi connectivity index (χ4v) is 5.59. The summed E-state index contributed by atoms with van der Waals surface area (Å²) < 4.78 is 1.02. The first-order valence-corrected chi connectivity index (χ1v) is 13.2. The molecule has 7 heteroatoms. The van der Waals surface area contributed by atoms with Crippen LogP contribution in [0.15, 0.2) is 84.9 Å². The van der Waals surface area contributed by atoms with Crippen LogP contribution in [0.1, 0.15) is 44.2 Å². The van der Waals surface area contributed by atoms with E-state index in [9.17, 15) is 9.59 Å². The Balaban J connectivity index is 1.74. The third-order valence-electron chi connectivity index (χ3n) is 6.39. The molecular formula is C29H32N4O2S. The van der Waals surface area contributed by atoms with Crippen LogP contribution in [-0.4, -0.2) is 34.9 Å². The number of nitrogens with zero attached hydrogens (tertiary/aromatic N) is 2. The van der Waals surface area contributed by atoms with Gasteiger partial charge in [0.05, 0.1) is 15.8 Å². The molecule has 3 amide bonds. The van der Waals surface area contributed by atoms with Crippen molar-refractivity contribution in [2.24, 2.45) is 0 Å². The van der Waals surface area contributed by atoms with E-state index < -0.39 is 5.54 Å². The van der Waals surface area contributed by atoms with Crippen molar-refractivity contribution in [3.8, 4) is 0 Å². The fraction of sp³-hybridized carbons (Fsp3) is 0.276. The Bertz CT molecular complexity index is 1220. The molecule has 0 aliphatic rings. The molecule has 2 N–H and O–H groups in total. The van der Waals surface area contributed by atoms with Crippen LogP contribution in [0.25, 0.3) is 10.2 Å². The van der Waals surface area contributed by atoms with E-state index in [-0.39, 0.29) is 11.9 Å². The number of anilines is 1. The number of fused-ring (bicyclic) bond motifs is 1. The minimum atomic E-state index is -0.718. The molecule has 0 aliphatic carbocycles. The zero-order valence-electron chi connectivity index (χ0n) is 20.7. The van der Waals surface area contributed by atoms with E-state index in [0.29, 0.717) is 37.5 Å². The van der Waals surface area contributed by atoms with Crippen LogP contribution in [0, 0.1) is 0 Å². The van der Waals surface area contributed by atoms with Gasteiger partial charge in [0.25, 0.3) is 0 Å². The van der Waals surface area contributed by atoms with Gasteiger partial charge in [-0.25, -0.2) is 9.78 Å². The minimum Gasteiger partial charge on any atom is -0.356 e. The van der Waals surface area contributed by atoms with Gasteiger partial charge in [0.2, 0.25) is 5.91 Å². The summed E-state index contributed by atoms with van der Waals surface area (Å²) in [5, 5.41) is 6.48. The molecule has 0 unspecified atom stereocenters. The van der Waals surface area contributed by atoms with E-state index in [1.165, 1.54) is 11.3 Å². The first-order chi connectivity index (χ1) is 17.6. The fourth-order valence-electron chi connectivity index (χ4n) is 4.74. The Kier molecular flexibility index (Phi) is 8.33. The Morgan fingerprint density at radius 2 is 1.50 bits per heavy atom. The number of nitrogens with one attached hydrogen (secondary N) is 2. The molecule has 3 aromatic carbocycles. The van der Waals surface area contributed by atoms with E-state index in [1.54, 1.807) is 0 Å². The van der Waals surface area contributed by atoms with Crippen LogP contribution in [0.5, 0.6) is 0 Å². The van der Waals surface area contributed by atoms with Crippen molar-refractivity contribution in [3.63, 3.8) is 0 Å². The monoisotopic (exact) mass is 500 g/mol. The molecular weight excluding hydrogens is 468 g/mol. The second kappa shape index (κ2) is 11.8. The maximum atomic E-state index is 14.0. The summed E-state index contributed by atoms with van der Waals surface area (Å²) in [6, 6.07) is 27.8. The molecule has 0 saturated heterocycles. The maximum absolute atomic E-state index is 14.0. The van der Waals surface area contributed by atoms with Gasteiger partial charge in [0, 0.05) is 19.5 Å². The Morgan fingerprint density at radius 3 is 2.08 bits per heavy atom. The normalized spacial score (nSPS) is 11.3. The van der Waals surface area contributed by atoms with Crippen molar-refractivity contribution < 1.29 is 9.59 Å². The molecule has 0 fully saturated rings. The summed E-state index contributed by atoms with van der Waals surface area (Å²) in [5.41, 5.74) is 2.19. The van der Waals surface area contributed by atoms with E-state index in [1.807, 2.05) is 72.5 Å². The number of amides is 3. The highest BCUT2D eigenvalue weighted by Gasteiger charge is 2.41. The minimum absolute atomic E-state index is 0.00875. The van der Waals surface area contributed by atoms with E-state index >= 15 is 0 Å². The number of hydrogen-bond acceptors (Lipinski definition) is 4. The zero-order valence-corrected chi connectivity index (χ0v) is 21.6. The van der Waals surface area contributed by atoms with Gasteiger partial charge >= 0.3 is 6.03 Å². The summed E-state index contributed by atoms with van der Waals surface area (Å²) in [5.74, 6) is -0.00875. The average molecular weight is 501 g/mol. The molecule has 1 heterocycles. The van der Waals surface area contributed by atoms with Crippen molar-refractivity contribution >= 4 is 38.6 Å². The lowest BCUT2D eigenvalue weighted by molar-refractivity contribution is -0.121. The molecule has 0 atom stereocenters. The molecule has 36 heavy (non-hydrogen) atoms. The number of carbonyl (C=O) groups excluding carboxylic acids is 2. The van der Waals surface area contributed by atoms with Gasteiger partial charge in [-0.05, 0) is 43.0 Å². The zero-order chi connectivity index (χ0) is 25.4. The highest BCUT2D eigenvalue weighted by molar-refractivity contribution is 7.22. The average Bonchev–Trinajstić information content (AvgIpc) is 3.32. The summed E-state index contributed by atoms with van der Waals surface area (Å²) >= 11 is 1.45. The van der Waals surface area contributed by atoms with E-state index in [0.717, 1.165) is 21.3 Å². The van der Waals surface area contributed by atoms with Crippen molar-refractivity contribution in [3.05, 3.63) is 96.1 Å². The lowest BCUT2D eigenvalue weighted by Gasteiger charge is -2.44. The van der Waals surface area contributed by atoms with Crippen molar-refractivity contribution in [2.75, 3.05) is 18.4 Å². The highest BCUT2D eigenvalue weighted by atomic mass is 32.1. The Hall–Kier alpha value is -3.71. The molecule has 186 valence electrons. The van der Waals surface area contributed by atoms with Crippen LogP contribution >= 0.6 is 11.3 Å². The summed E-state index contributed by atoms with van der Waals surface area (Å²) in [6.07, 6.45) is 1.55. The third kappa shape index (κ3) is 5.41. The molecule has 0 spiro atoms. The van der Waals surface area contributed by atoms with E-state index in [4.69, 9.17) is 0 Å². The van der Waals surface area contributed by atoms with Crippen LogP contribution < -0.4 is 10.6 Å². The van der Waals surface area contributed by atoms with Crippen LogP contribution in [0.2, 0.25) is 0 Å². The summed E-state index contributed by atoms with van der Waals surface area (Å²) in [6.45, 7) is 5.00. The number of aromatic nitrogens is 1. The predicted octanol–water partition coefficient (Wildman–Crippen LogP) is 6.40. The van der Waals surface area contributed by atoms with Crippen molar-refractivity contribution in [1.29, 1.82) is 0 Å². The lowest BCUT2D eigenvalue weighted by Crippen LogP contribution is -2.52. The first kappa shape index (κ1) is 25.4.